The second-order valence-corrected chi connectivity index (χ2v) is 7.01. The van der Waals surface area contributed by atoms with Crippen LogP contribution in [0.3, 0.4) is 0 Å². The lowest BCUT2D eigenvalue weighted by atomic mass is 10.0. The highest BCUT2D eigenvalue weighted by Crippen LogP contribution is 2.14. The van der Waals surface area contributed by atoms with E-state index in [1.54, 1.807) is 13.1 Å². The number of nitrogens with zero attached hydrogens (tertiary/aromatic N) is 4. The molecule has 4 rings (SSSR count). The van der Waals surface area contributed by atoms with Crippen LogP contribution in [0.25, 0.3) is 5.52 Å². The topological polar surface area (TPSA) is 95.4 Å². The number of aromatic amines is 1. The van der Waals surface area contributed by atoms with Crippen molar-refractivity contribution in [3.63, 3.8) is 0 Å². The maximum absolute atomic E-state index is 12.6. The van der Waals surface area contributed by atoms with Gasteiger partial charge in [-0.15, -0.1) is 5.10 Å². The highest BCUT2D eigenvalue weighted by Gasteiger charge is 2.24. The molecule has 0 aliphatic carbocycles. The molecule has 0 atom stereocenters. The van der Waals surface area contributed by atoms with Crippen LogP contribution in [0.1, 0.15) is 34.6 Å². The maximum Gasteiger partial charge on any atom is 0.276 e. The lowest BCUT2D eigenvalue weighted by Gasteiger charge is -2.32. The molecule has 1 amide bonds. The number of hydrogen-bond donors (Lipinski definition) is 2. The van der Waals surface area contributed by atoms with Crippen LogP contribution in [0.4, 0.5) is 0 Å². The Morgan fingerprint density at radius 1 is 1.26 bits per heavy atom. The van der Waals surface area contributed by atoms with Crippen LogP contribution in [0.5, 0.6) is 0 Å². The lowest BCUT2D eigenvalue weighted by molar-refractivity contribution is 0.0905. The number of H-pyrrole nitrogens is 1. The molecule has 1 saturated heterocycles. The van der Waals surface area contributed by atoms with E-state index in [2.05, 4.69) is 49.8 Å². The van der Waals surface area contributed by atoms with Crippen LogP contribution in [0.15, 0.2) is 41.3 Å². The van der Waals surface area contributed by atoms with Gasteiger partial charge in [0.15, 0.2) is 11.2 Å². The van der Waals surface area contributed by atoms with Crippen molar-refractivity contribution in [2.75, 3.05) is 13.1 Å². The van der Waals surface area contributed by atoms with Crippen molar-refractivity contribution in [2.24, 2.45) is 0 Å². The van der Waals surface area contributed by atoms with E-state index in [1.165, 1.54) is 10.1 Å². The molecule has 0 unspecified atom stereocenters. The Hall–Kier alpha value is -3.00. The molecule has 2 aromatic heterocycles. The van der Waals surface area contributed by atoms with E-state index >= 15 is 0 Å². The average Bonchev–Trinajstić information content (AvgIpc) is 3.08. The SMILES string of the molecule is Cc1cn2nnc(C(=O)NC3CCN(Cc4ccccc4)CC3)c2c(=O)[nH]1. The third-order valence-electron chi connectivity index (χ3n) is 4.92. The monoisotopic (exact) mass is 366 g/mol. The zero-order valence-corrected chi connectivity index (χ0v) is 15.2. The van der Waals surface area contributed by atoms with Crippen molar-refractivity contribution >= 4 is 11.4 Å². The third-order valence-corrected chi connectivity index (χ3v) is 4.92. The van der Waals surface area contributed by atoms with Gasteiger partial charge >= 0.3 is 0 Å². The number of hydrogen-bond acceptors (Lipinski definition) is 5. The van der Waals surface area contributed by atoms with E-state index in [-0.39, 0.29) is 28.7 Å². The first-order valence-electron chi connectivity index (χ1n) is 9.12. The molecule has 1 fully saturated rings. The molecule has 3 aromatic rings. The van der Waals surface area contributed by atoms with Crippen LogP contribution in [0, 0.1) is 6.92 Å². The Bertz CT molecular complexity index is 1000. The van der Waals surface area contributed by atoms with Gasteiger partial charge in [-0.3, -0.25) is 14.5 Å². The predicted octanol–water partition coefficient (Wildman–Crippen LogP) is 1.12. The summed E-state index contributed by atoms with van der Waals surface area (Å²) in [5.41, 5.74) is 1.85. The number of benzene rings is 1. The largest absolute Gasteiger partial charge is 0.348 e. The summed E-state index contributed by atoms with van der Waals surface area (Å²) in [5, 5.41) is 10.8. The van der Waals surface area contributed by atoms with Gasteiger partial charge in [-0.05, 0) is 25.3 Å². The number of likely N-dealkylation sites (tertiary alicyclic amines) is 1. The van der Waals surface area contributed by atoms with Crippen LogP contribution in [-0.2, 0) is 6.54 Å². The average molecular weight is 366 g/mol. The summed E-state index contributed by atoms with van der Waals surface area (Å²) >= 11 is 0. The third kappa shape index (κ3) is 3.75. The normalized spacial score (nSPS) is 15.9. The number of amides is 1. The zero-order chi connectivity index (χ0) is 18.8. The number of carbonyl (C=O) groups is 1. The Kier molecular flexibility index (Phi) is 4.72. The number of carbonyl (C=O) groups excluding carboxylic acids is 1. The van der Waals surface area contributed by atoms with Crippen molar-refractivity contribution in [1.82, 2.24) is 30.0 Å². The fourth-order valence-electron chi connectivity index (χ4n) is 3.53. The number of piperidine rings is 1. The van der Waals surface area contributed by atoms with Crippen LogP contribution >= 0.6 is 0 Å². The highest BCUT2D eigenvalue weighted by molar-refractivity contribution is 5.98. The van der Waals surface area contributed by atoms with Gasteiger partial charge in [0.2, 0.25) is 0 Å². The van der Waals surface area contributed by atoms with Gasteiger partial charge < -0.3 is 10.3 Å². The summed E-state index contributed by atoms with van der Waals surface area (Å²) in [4.78, 5) is 29.8. The number of aryl methyl sites for hydroxylation is 1. The molecule has 0 spiro atoms. The summed E-state index contributed by atoms with van der Waals surface area (Å²) in [6, 6.07) is 10.5. The van der Waals surface area contributed by atoms with Gasteiger partial charge in [-0.1, -0.05) is 35.5 Å². The Labute approximate surface area is 156 Å². The molecule has 8 heteroatoms. The van der Waals surface area contributed by atoms with Crippen LogP contribution < -0.4 is 10.9 Å². The molecule has 0 radical (unpaired) electrons. The highest BCUT2D eigenvalue weighted by atomic mass is 16.2. The fourth-order valence-corrected chi connectivity index (χ4v) is 3.53. The Morgan fingerprint density at radius 3 is 2.74 bits per heavy atom. The van der Waals surface area contributed by atoms with Crippen LogP contribution in [-0.4, -0.2) is 49.7 Å². The molecule has 140 valence electrons. The molecular weight excluding hydrogens is 344 g/mol. The first kappa shape index (κ1) is 17.4. The van der Waals surface area contributed by atoms with Gasteiger partial charge in [-0.2, -0.15) is 0 Å². The minimum Gasteiger partial charge on any atom is -0.348 e. The molecule has 1 aliphatic heterocycles. The summed E-state index contributed by atoms with van der Waals surface area (Å²) < 4.78 is 1.35. The Balaban J connectivity index is 1.38. The number of aromatic nitrogens is 4. The summed E-state index contributed by atoms with van der Waals surface area (Å²) in [5.74, 6) is -0.346. The van der Waals surface area contributed by atoms with E-state index in [9.17, 15) is 9.59 Å². The molecule has 0 bridgehead atoms. The smallest absolute Gasteiger partial charge is 0.276 e. The van der Waals surface area contributed by atoms with E-state index in [1.807, 2.05) is 6.07 Å². The quantitative estimate of drug-likeness (QED) is 0.721. The van der Waals surface area contributed by atoms with Gasteiger partial charge in [0, 0.05) is 31.4 Å². The molecule has 8 nitrogen and oxygen atoms in total. The lowest BCUT2D eigenvalue weighted by Crippen LogP contribution is -2.44. The van der Waals surface area contributed by atoms with Gasteiger partial charge in [0.05, 0.1) is 6.20 Å². The van der Waals surface area contributed by atoms with E-state index in [0.717, 1.165) is 32.5 Å². The molecule has 2 N–H and O–H groups in total. The van der Waals surface area contributed by atoms with Crippen molar-refractivity contribution in [3.05, 3.63) is 63.8 Å². The summed E-state index contributed by atoms with van der Waals surface area (Å²) in [6.45, 7) is 4.51. The van der Waals surface area contributed by atoms with E-state index in [4.69, 9.17) is 0 Å². The molecule has 3 heterocycles. The molecule has 0 saturated carbocycles. The molecule has 27 heavy (non-hydrogen) atoms. The summed E-state index contributed by atoms with van der Waals surface area (Å²) in [6.07, 6.45) is 3.38. The second-order valence-electron chi connectivity index (χ2n) is 7.01. The molecule has 1 aromatic carbocycles. The predicted molar refractivity (Wildman–Crippen MR) is 101 cm³/mol. The summed E-state index contributed by atoms with van der Waals surface area (Å²) in [7, 11) is 0. The minimum absolute atomic E-state index is 0.0722. The zero-order valence-electron chi connectivity index (χ0n) is 15.2. The molecular formula is C19H22N6O2. The van der Waals surface area contributed by atoms with Crippen LogP contribution in [0.2, 0.25) is 0 Å². The van der Waals surface area contributed by atoms with Gasteiger partial charge in [0.25, 0.3) is 11.5 Å². The van der Waals surface area contributed by atoms with E-state index < -0.39 is 0 Å². The van der Waals surface area contributed by atoms with E-state index in [0.29, 0.717) is 5.69 Å². The number of rotatable bonds is 4. The minimum atomic E-state index is -0.358. The van der Waals surface area contributed by atoms with Crippen molar-refractivity contribution in [1.29, 1.82) is 0 Å². The standard InChI is InChI=1S/C19H22N6O2/c1-13-11-25-17(19(27)20-13)16(22-23-25)18(26)21-15-7-9-24(10-8-15)12-14-5-3-2-4-6-14/h2-6,11,15H,7-10,12H2,1H3,(H,20,27)(H,21,26). The van der Waals surface area contributed by atoms with Crippen molar-refractivity contribution in [2.45, 2.75) is 32.4 Å². The van der Waals surface area contributed by atoms with Crippen molar-refractivity contribution < 1.29 is 4.79 Å². The fraction of sp³-hybridized carbons (Fsp3) is 0.368. The van der Waals surface area contributed by atoms with Crippen molar-refractivity contribution in [3.8, 4) is 0 Å². The second kappa shape index (κ2) is 7.32. The van der Waals surface area contributed by atoms with Gasteiger partial charge in [-0.25, -0.2) is 4.52 Å². The van der Waals surface area contributed by atoms with Gasteiger partial charge in [0.1, 0.15) is 0 Å². The number of fused-ring (bicyclic) bond motifs is 1. The number of nitrogens with one attached hydrogen (secondary N) is 2. The Morgan fingerprint density at radius 2 is 2.00 bits per heavy atom. The molecule has 1 aliphatic rings. The maximum atomic E-state index is 12.6. The first-order valence-corrected chi connectivity index (χ1v) is 9.12. The first-order chi connectivity index (χ1) is 13.1.